The number of hydrogen-bond acceptors (Lipinski definition) is 5. The molecule has 2 rings (SSSR count). The minimum atomic E-state index is -0.110. The second-order valence-corrected chi connectivity index (χ2v) is 6.59. The first-order chi connectivity index (χ1) is 13.6. The zero-order chi connectivity index (χ0) is 20.4. The summed E-state index contributed by atoms with van der Waals surface area (Å²) in [5.41, 5.74) is 1.19. The SMILES string of the molecule is CCNC(=NCC(=O)NCCOC)N1CCC(c2cc(OC)cc(OC)c2)C1.I. The third-order valence-corrected chi connectivity index (χ3v) is 4.67. The van der Waals surface area contributed by atoms with Crippen molar-refractivity contribution < 1.29 is 19.0 Å². The van der Waals surface area contributed by atoms with Crippen LogP contribution in [-0.4, -0.2) is 77.4 Å². The second-order valence-electron chi connectivity index (χ2n) is 6.59. The lowest BCUT2D eigenvalue weighted by Crippen LogP contribution is -2.41. The Bertz CT molecular complexity index is 650. The van der Waals surface area contributed by atoms with E-state index >= 15 is 0 Å². The first kappa shape index (κ1) is 25.3. The monoisotopic (exact) mass is 520 g/mol. The maximum Gasteiger partial charge on any atom is 0.241 e. The van der Waals surface area contributed by atoms with Crippen molar-refractivity contribution in [1.29, 1.82) is 0 Å². The quantitative estimate of drug-likeness (QED) is 0.224. The molecule has 8 nitrogen and oxygen atoms in total. The number of benzene rings is 1. The molecule has 0 radical (unpaired) electrons. The summed E-state index contributed by atoms with van der Waals surface area (Å²) in [6.07, 6.45) is 1.00. The number of carbonyl (C=O) groups excluding carboxylic acids is 1. The van der Waals surface area contributed by atoms with Gasteiger partial charge in [0.15, 0.2) is 5.96 Å². The van der Waals surface area contributed by atoms with Crippen molar-refractivity contribution in [2.24, 2.45) is 4.99 Å². The summed E-state index contributed by atoms with van der Waals surface area (Å²) >= 11 is 0. The van der Waals surface area contributed by atoms with Crippen LogP contribution in [0.1, 0.15) is 24.8 Å². The van der Waals surface area contributed by atoms with Gasteiger partial charge in [0, 0.05) is 45.3 Å². The summed E-state index contributed by atoms with van der Waals surface area (Å²) in [4.78, 5) is 18.6. The van der Waals surface area contributed by atoms with E-state index in [1.807, 2.05) is 13.0 Å². The van der Waals surface area contributed by atoms with Crippen LogP contribution in [0.4, 0.5) is 0 Å². The van der Waals surface area contributed by atoms with Gasteiger partial charge in [-0.3, -0.25) is 4.79 Å². The Morgan fingerprint density at radius 3 is 2.45 bits per heavy atom. The third-order valence-electron chi connectivity index (χ3n) is 4.67. The van der Waals surface area contributed by atoms with Crippen LogP contribution in [0.25, 0.3) is 0 Å². The van der Waals surface area contributed by atoms with E-state index in [2.05, 4.69) is 32.7 Å². The number of hydrogen-bond donors (Lipinski definition) is 2. The number of guanidine groups is 1. The van der Waals surface area contributed by atoms with Crippen molar-refractivity contribution in [3.63, 3.8) is 0 Å². The highest BCUT2D eigenvalue weighted by molar-refractivity contribution is 14.0. The lowest BCUT2D eigenvalue weighted by Gasteiger charge is -2.22. The van der Waals surface area contributed by atoms with Gasteiger partial charge in [0.25, 0.3) is 0 Å². The van der Waals surface area contributed by atoms with Crippen molar-refractivity contribution in [3.8, 4) is 11.5 Å². The van der Waals surface area contributed by atoms with Gasteiger partial charge in [-0.05, 0) is 31.0 Å². The predicted molar refractivity (Wildman–Crippen MR) is 125 cm³/mol. The third kappa shape index (κ3) is 7.88. The van der Waals surface area contributed by atoms with Gasteiger partial charge < -0.3 is 29.7 Å². The van der Waals surface area contributed by atoms with E-state index < -0.39 is 0 Å². The van der Waals surface area contributed by atoms with Gasteiger partial charge in [-0.2, -0.15) is 0 Å². The molecule has 0 saturated carbocycles. The molecule has 1 aliphatic rings. The highest BCUT2D eigenvalue weighted by Gasteiger charge is 2.27. The van der Waals surface area contributed by atoms with Crippen LogP contribution in [0.2, 0.25) is 0 Å². The summed E-state index contributed by atoms with van der Waals surface area (Å²) in [5.74, 6) is 2.59. The molecular formula is C20H33IN4O4. The van der Waals surface area contributed by atoms with Gasteiger partial charge in [0.05, 0.1) is 20.8 Å². The molecule has 1 heterocycles. The molecule has 1 aliphatic heterocycles. The summed E-state index contributed by atoms with van der Waals surface area (Å²) in [5, 5.41) is 6.07. The number of rotatable bonds is 9. The molecule has 1 atom stereocenters. The molecule has 9 heteroatoms. The molecule has 1 amide bonds. The zero-order valence-corrected chi connectivity index (χ0v) is 20.0. The Labute approximate surface area is 190 Å². The van der Waals surface area contributed by atoms with E-state index in [1.165, 1.54) is 5.56 Å². The Hall–Kier alpha value is -1.75. The fraction of sp³-hybridized carbons (Fsp3) is 0.600. The molecule has 0 bridgehead atoms. The summed E-state index contributed by atoms with van der Waals surface area (Å²) in [6, 6.07) is 6.00. The fourth-order valence-electron chi connectivity index (χ4n) is 3.21. The average molecular weight is 520 g/mol. The van der Waals surface area contributed by atoms with Crippen LogP contribution < -0.4 is 20.1 Å². The highest BCUT2D eigenvalue weighted by Crippen LogP contribution is 2.32. The predicted octanol–water partition coefficient (Wildman–Crippen LogP) is 1.84. The van der Waals surface area contributed by atoms with Crippen molar-refractivity contribution in [1.82, 2.24) is 15.5 Å². The minimum Gasteiger partial charge on any atom is -0.497 e. The van der Waals surface area contributed by atoms with Gasteiger partial charge in [0.2, 0.25) is 5.91 Å². The maximum atomic E-state index is 11.9. The number of likely N-dealkylation sites (tertiary alicyclic amines) is 1. The normalized spacial score (nSPS) is 16.2. The number of amides is 1. The van der Waals surface area contributed by atoms with Crippen LogP contribution in [-0.2, 0) is 9.53 Å². The molecule has 29 heavy (non-hydrogen) atoms. The molecule has 1 aromatic rings. The summed E-state index contributed by atoms with van der Waals surface area (Å²) < 4.78 is 15.7. The second kappa shape index (κ2) is 13.5. The molecule has 1 unspecified atom stereocenters. The number of nitrogens with zero attached hydrogens (tertiary/aromatic N) is 2. The first-order valence-corrected chi connectivity index (χ1v) is 9.63. The van der Waals surface area contributed by atoms with E-state index in [4.69, 9.17) is 14.2 Å². The maximum absolute atomic E-state index is 11.9. The number of methoxy groups -OCH3 is 3. The van der Waals surface area contributed by atoms with Gasteiger partial charge in [0.1, 0.15) is 18.0 Å². The van der Waals surface area contributed by atoms with Gasteiger partial charge >= 0.3 is 0 Å². The van der Waals surface area contributed by atoms with E-state index in [0.29, 0.717) is 19.1 Å². The fourth-order valence-corrected chi connectivity index (χ4v) is 3.21. The molecule has 0 spiro atoms. The molecule has 1 aromatic carbocycles. The van der Waals surface area contributed by atoms with Crippen molar-refractivity contribution >= 4 is 35.8 Å². The van der Waals surface area contributed by atoms with Gasteiger partial charge in [-0.1, -0.05) is 0 Å². The van der Waals surface area contributed by atoms with Crippen LogP contribution in [0.5, 0.6) is 11.5 Å². The van der Waals surface area contributed by atoms with Crippen LogP contribution in [0, 0.1) is 0 Å². The molecule has 1 saturated heterocycles. The molecule has 0 aromatic heterocycles. The van der Waals surface area contributed by atoms with Gasteiger partial charge in [-0.15, -0.1) is 24.0 Å². The number of halogens is 1. The van der Waals surface area contributed by atoms with Gasteiger partial charge in [-0.25, -0.2) is 4.99 Å². The smallest absolute Gasteiger partial charge is 0.241 e. The molecule has 164 valence electrons. The van der Waals surface area contributed by atoms with Crippen molar-refractivity contribution in [3.05, 3.63) is 23.8 Å². The topological polar surface area (TPSA) is 84.4 Å². The Kier molecular flexibility index (Phi) is 11.7. The molecule has 0 aliphatic carbocycles. The zero-order valence-electron chi connectivity index (χ0n) is 17.7. The van der Waals surface area contributed by atoms with Crippen molar-refractivity contribution in [2.75, 3.05) is 60.7 Å². The van der Waals surface area contributed by atoms with E-state index in [0.717, 1.165) is 43.5 Å². The van der Waals surface area contributed by atoms with Crippen molar-refractivity contribution in [2.45, 2.75) is 19.3 Å². The molecular weight excluding hydrogens is 487 g/mol. The Balaban J connectivity index is 0.00000420. The number of aliphatic imine (C=N–C) groups is 1. The number of carbonyl (C=O) groups is 1. The Morgan fingerprint density at radius 2 is 1.86 bits per heavy atom. The standard InChI is InChI=1S/C20H32N4O4.HI/c1-5-21-20(23-13-19(25)22-7-9-26-2)24-8-6-15(14-24)16-10-17(27-3)12-18(11-16)28-4;/h10-12,15H,5-9,13-14H2,1-4H3,(H,21,23)(H,22,25);1H. The van der Waals surface area contributed by atoms with E-state index in [-0.39, 0.29) is 36.4 Å². The summed E-state index contributed by atoms with van der Waals surface area (Å²) in [7, 11) is 4.93. The Morgan fingerprint density at radius 1 is 1.17 bits per heavy atom. The first-order valence-electron chi connectivity index (χ1n) is 9.63. The molecule has 1 fully saturated rings. The molecule has 2 N–H and O–H groups in total. The van der Waals surface area contributed by atoms with Crippen LogP contribution in [0.3, 0.4) is 0 Å². The summed E-state index contributed by atoms with van der Waals surface area (Å²) in [6.45, 7) is 5.56. The number of nitrogens with one attached hydrogen (secondary N) is 2. The average Bonchev–Trinajstić information content (AvgIpc) is 3.21. The minimum absolute atomic E-state index is 0. The largest absolute Gasteiger partial charge is 0.497 e. The van der Waals surface area contributed by atoms with Crippen LogP contribution in [0.15, 0.2) is 23.2 Å². The number of ether oxygens (including phenoxy) is 3. The highest BCUT2D eigenvalue weighted by atomic mass is 127. The van der Waals surface area contributed by atoms with E-state index in [1.54, 1.807) is 21.3 Å². The van der Waals surface area contributed by atoms with E-state index in [9.17, 15) is 4.79 Å². The lowest BCUT2D eigenvalue weighted by molar-refractivity contribution is -0.119. The van der Waals surface area contributed by atoms with Crippen LogP contribution >= 0.6 is 24.0 Å². The lowest BCUT2D eigenvalue weighted by atomic mass is 9.98.